The summed E-state index contributed by atoms with van der Waals surface area (Å²) in [7, 11) is 0. The van der Waals surface area contributed by atoms with Gasteiger partial charge in [-0.1, -0.05) is 18.2 Å². The predicted octanol–water partition coefficient (Wildman–Crippen LogP) is 2.26. The van der Waals surface area contributed by atoms with E-state index in [9.17, 15) is 0 Å². The van der Waals surface area contributed by atoms with Gasteiger partial charge in [0.1, 0.15) is 5.82 Å². The summed E-state index contributed by atoms with van der Waals surface area (Å²) >= 11 is 0. The van der Waals surface area contributed by atoms with Gasteiger partial charge in [-0.25, -0.2) is 0 Å². The zero-order valence-electron chi connectivity index (χ0n) is 12.2. The number of aromatic nitrogens is 3. The summed E-state index contributed by atoms with van der Waals surface area (Å²) in [5.74, 6) is 1.90. The van der Waals surface area contributed by atoms with Crippen LogP contribution in [0, 0.1) is 0 Å². The molecular formula is C17H17N5. The molecule has 4 N–H and O–H groups in total. The number of nitrogens with two attached hydrogens (primary N) is 2. The smallest absolute Gasteiger partial charge is 0.164 e. The van der Waals surface area contributed by atoms with Gasteiger partial charge in [0, 0.05) is 29.9 Å². The van der Waals surface area contributed by atoms with Gasteiger partial charge in [0.2, 0.25) is 0 Å². The average molecular weight is 291 g/mol. The first-order chi connectivity index (χ1) is 10.7. The number of fused-ring (bicyclic) bond motifs is 3. The molecule has 2 heterocycles. The van der Waals surface area contributed by atoms with E-state index >= 15 is 0 Å². The van der Waals surface area contributed by atoms with E-state index in [1.165, 1.54) is 11.1 Å². The van der Waals surface area contributed by atoms with E-state index in [-0.39, 0.29) is 0 Å². The third-order valence-electron chi connectivity index (χ3n) is 4.15. The van der Waals surface area contributed by atoms with Gasteiger partial charge >= 0.3 is 0 Å². The van der Waals surface area contributed by atoms with E-state index in [0.29, 0.717) is 0 Å². The van der Waals surface area contributed by atoms with Crippen LogP contribution in [0.25, 0.3) is 11.4 Å². The Balaban J connectivity index is 1.72. The zero-order chi connectivity index (χ0) is 15.1. The van der Waals surface area contributed by atoms with Gasteiger partial charge in [0.15, 0.2) is 5.82 Å². The molecule has 1 aromatic heterocycles. The van der Waals surface area contributed by atoms with Crippen LogP contribution in [0.3, 0.4) is 0 Å². The second-order valence-electron chi connectivity index (χ2n) is 5.68. The molecule has 1 aliphatic rings. The van der Waals surface area contributed by atoms with Crippen LogP contribution in [0.15, 0.2) is 42.5 Å². The number of hydrogen-bond donors (Lipinski definition) is 2. The van der Waals surface area contributed by atoms with Crippen LogP contribution in [0.4, 0.5) is 11.4 Å². The molecule has 0 radical (unpaired) electrons. The number of anilines is 2. The van der Waals surface area contributed by atoms with Crippen molar-refractivity contribution in [1.82, 2.24) is 14.8 Å². The van der Waals surface area contributed by atoms with Crippen molar-refractivity contribution in [1.29, 1.82) is 0 Å². The Morgan fingerprint density at radius 1 is 0.955 bits per heavy atom. The van der Waals surface area contributed by atoms with Crippen molar-refractivity contribution in [3.8, 4) is 11.4 Å². The van der Waals surface area contributed by atoms with Crippen LogP contribution in [0.1, 0.15) is 17.0 Å². The number of nitrogens with zero attached hydrogens (tertiary/aromatic N) is 3. The van der Waals surface area contributed by atoms with E-state index in [4.69, 9.17) is 11.5 Å². The lowest BCUT2D eigenvalue weighted by molar-refractivity contribution is 0.651. The fourth-order valence-corrected chi connectivity index (χ4v) is 2.97. The average Bonchev–Trinajstić information content (AvgIpc) is 2.93. The molecule has 3 aromatic rings. The zero-order valence-corrected chi connectivity index (χ0v) is 12.2. The van der Waals surface area contributed by atoms with Gasteiger partial charge < -0.3 is 16.0 Å². The SMILES string of the molecule is Nc1ccc(Cc2nnc3n2CCc2ccc(N)cc2-3)cc1. The molecule has 0 atom stereocenters. The minimum Gasteiger partial charge on any atom is -0.399 e. The van der Waals surface area contributed by atoms with Crippen molar-refractivity contribution < 1.29 is 0 Å². The molecule has 1 aliphatic heterocycles. The maximum Gasteiger partial charge on any atom is 0.164 e. The predicted molar refractivity (Wildman–Crippen MR) is 87.2 cm³/mol. The Kier molecular flexibility index (Phi) is 2.85. The van der Waals surface area contributed by atoms with E-state index < -0.39 is 0 Å². The molecule has 0 unspecified atom stereocenters. The van der Waals surface area contributed by atoms with Crippen LogP contribution in [0.2, 0.25) is 0 Å². The molecule has 5 nitrogen and oxygen atoms in total. The highest BCUT2D eigenvalue weighted by Gasteiger charge is 2.21. The Morgan fingerprint density at radius 2 is 1.73 bits per heavy atom. The van der Waals surface area contributed by atoms with Gasteiger partial charge in [-0.2, -0.15) is 0 Å². The largest absolute Gasteiger partial charge is 0.399 e. The summed E-state index contributed by atoms with van der Waals surface area (Å²) < 4.78 is 2.19. The second kappa shape index (κ2) is 4.87. The monoisotopic (exact) mass is 291 g/mol. The Bertz CT molecular complexity index is 833. The molecule has 0 amide bonds. The topological polar surface area (TPSA) is 82.8 Å². The quantitative estimate of drug-likeness (QED) is 0.709. The summed E-state index contributed by atoms with van der Waals surface area (Å²) in [6, 6.07) is 13.9. The molecule has 0 spiro atoms. The maximum atomic E-state index is 5.91. The minimum atomic E-state index is 0.755. The van der Waals surface area contributed by atoms with Crippen LogP contribution >= 0.6 is 0 Å². The number of benzene rings is 2. The molecule has 0 bridgehead atoms. The molecule has 0 saturated heterocycles. The third-order valence-corrected chi connectivity index (χ3v) is 4.15. The summed E-state index contributed by atoms with van der Waals surface area (Å²) in [6.45, 7) is 0.906. The summed E-state index contributed by atoms with van der Waals surface area (Å²) in [5.41, 5.74) is 16.7. The fraction of sp³-hybridized carbons (Fsp3) is 0.176. The lowest BCUT2D eigenvalue weighted by Gasteiger charge is -2.19. The third kappa shape index (κ3) is 2.11. The van der Waals surface area contributed by atoms with Gasteiger partial charge in [-0.05, 0) is 41.8 Å². The first-order valence-corrected chi connectivity index (χ1v) is 7.36. The Morgan fingerprint density at radius 3 is 2.55 bits per heavy atom. The minimum absolute atomic E-state index is 0.755. The maximum absolute atomic E-state index is 5.91. The Hall–Kier alpha value is -2.82. The van der Waals surface area contributed by atoms with Crippen molar-refractivity contribution in [3.63, 3.8) is 0 Å². The molecular weight excluding hydrogens is 274 g/mol. The first kappa shape index (κ1) is 12.9. The van der Waals surface area contributed by atoms with Gasteiger partial charge in [-0.15, -0.1) is 10.2 Å². The molecule has 5 heteroatoms. The van der Waals surface area contributed by atoms with Gasteiger partial charge in [-0.3, -0.25) is 0 Å². The van der Waals surface area contributed by atoms with Crippen molar-refractivity contribution in [2.75, 3.05) is 11.5 Å². The normalized spacial score (nSPS) is 12.7. The second-order valence-corrected chi connectivity index (χ2v) is 5.68. The lowest BCUT2D eigenvalue weighted by Crippen LogP contribution is -2.14. The highest BCUT2D eigenvalue weighted by Crippen LogP contribution is 2.30. The van der Waals surface area contributed by atoms with Crippen LogP contribution < -0.4 is 11.5 Å². The molecule has 22 heavy (non-hydrogen) atoms. The van der Waals surface area contributed by atoms with Crippen molar-refractivity contribution in [3.05, 3.63) is 59.4 Å². The van der Waals surface area contributed by atoms with E-state index in [1.807, 2.05) is 36.4 Å². The molecule has 2 aromatic carbocycles. The fourth-order valence-electron chi connectivity index (χ4n) is 2.97. The summed E-state index contributed by atoms with van der Waals surface area (Å²) in [5, 5.41) is 8.77. The van der Waals surface area contributed by atoms with Gasteiger partial charge in [0.25, 0.3) is 0 Å². The molecule has 4 rings (SSSR count). The first-order valence-electron chi connectivity index (χ1n) is 7.36. The molecule has 110 valence electrons. The van der Waals surface area contributed by atoms with Crippen molar-refractivity contribution in [2.24, 2.45) is 0 Å². The highest BCUT2D eigenvalue weighted by molar-refractivity contribution is 5.67. The van der Waals surface area contributed by atoms with E-state index in [0.717, 1.165) is 48.0 Å². The number of hydrogen-bond acceptors (Lipinski definition) is 4. The molecule has 0 saturated carbocycles. The van der Waals surface area contributed by atoms with Gasteiger partial charge in [0.05, 0.1) is 0 Å². The highest BCUT2D eigenvalue weighted by atomic mass is 15.3. The molecule has 0 fully saturated rings. The van der Waals surface area contributed by atoms with Crippen LogP contribution in [-0.4, -0.2) is 14.8 Å². The van der Waals surface area contributed by atoms with Crippen LogP contribution in [0.5, 0.6) is 0 Å². The lowest BCUT2D eigenvalue weighted by atomic mass is 10.00. The van der Waals surface area contributed by atoms with E-state index in [1.54, 1.807) is 0 Å². The standard InChI is InChI=1S/C17H17N5/c18-13-4-1-11(2-5-13)9-16-20-21-17-15-10-14(19)6-3-12(15)7-8-22(16)17/h1-6,10H,7-9,18-19H2. The van der Waals surface area contributed by atoms with E-state index in [2.05, 4.69) is 20.8 Å². The van der Waals surface area contributed by atoms with Crippen molar-refractivity contribution in [2.45, 2.75) is 19.4 Å². The number of rotatable bonds is 2. The van der Waals surface area contributed by atoms with Crippen molar-refractivity contribution >= 4 is 11.4 Å². The summed E-state index contributed by atoms with van der Waals surface area (Å²) in [4.78, 5) is 0. The Labute approximate surface area is 128 Å². The number of aryl methyl sites for hydroxylation is 1. The number of nitrogen functional groups attached to an aromatic ring is 2. The van der Waals surface area contributed by atoms with Crippen LogP contribution in [-0.2, 0) is 19.4 Å². The summed E-state index contributed by atoms with van der Waals surface area (Å²) in [6.07, 6.45) is 1.74. The molecule has 0 aliphatic carbocycles.